The molecule has 3 heteroatoms. The largest absolute Gasteiger partial charge is 0.336 e. The molecule has 1 aliphatic heterocycles. The van der Waals surface area contributed by atoms with Crippen LogP contribution in [0, 0.1) is 0 Å². The van der Waals surface area contributed by atoms with Crippen molar-refractivity contribution in [1.82, 2.24) is 10.6 Å². The molecular weight excluding hydrogens is 168 g/mol. The van der Waals surface area contributed by atoms with Crippen molar-refractivity contribution >= 4 is 17.3 Å². The summed E-state index contributed by atoms with van der Waals surface area (Å²) >= 11 is 5.03. The van der Waals surface area contributed by atoms with E-state index in [1.165, 1.54) is 17.0 Å². The van der Waals surface area contributed by atoms with Crippen LogP contribution in [0.15, 0.2) is 35.2 Å². The second kappa shape index (κ2) is 2.75. The predicted molar refractivity (Wildman–Crippen MR) is 53.4 cm³/mol. The molecule has 0 radical (unpaired) electrons. The zero-order valence-electron chi connectivity index (χ0n) is 6.85. The summed E-state index contributed by atoms with van der Waals surface area (Å²) in [7, 11) is 0. The van der Waals surface area contributed by atoms with Gasteiger partial charge in [0.15, 0.2) is 5.11 Å². The molecule has 2 bridgehead atoms. The molecule has 2 nitrogen and oxygen atoms in total. The van der Waals surface area contributed by atoms with Crippen molar-refractivity contribution in [3.05, 3.63) is 35.2 Å². The lowest BCUT2D eigenvalue weighted by Gasteiger charge is -2.21. The van der Waals surface area contributed by atoms with Crippen molar-refractivity contribution in [3.8, 4) is 0 Å². The van der Waals surface area contributed by atoms with Gasteiger partial charge in [0.05, 0.1) is 0 Å². The van der Waals surface area contributed by atoms with Crippen LogP contribution in [0.3, 0.4) is 0 Å². The van der Waals surface area contributed by atoms with E-state index >= 15 is 0 Å². The van der Waals surface area contributed by atoms with Crippen LogP contribution in [-0.4, -0.2) is 5.11 Å². The number of hydrogen-bond acceptors (Lipinski definition) is 1. The van der Waals surface area contributed by atoms with Gasteiger partial charge in [0.25, 0.3) is 0 Å². The quantitative estimate of drug-likeness (QED) is 0.551. The van der Waals surface area contributed by atoms with Gasteiger partial charge in [-0.05, 0) is 36.9 Å². The van der Waals surface area contributed by atoms with E-state index in [2.05, 4.69) is 35.8 Å². The lowest BCUT2D eigenvalue weighted by molar-refractivity contribution is 0.862. The standard InChI is InChI=1S/C9H10N2S/c1-6-2-3-7-5-8(4-6)11-9(12)10-7/h2-4H,5H2,1H3,(H2,10,11,12). The molecule has 0 unspecified atom stereocenters. The zero-order chi connectivity index (χ0) is 8.55. The maximum atomic E-state index is 5.03. The van der Waals surface area contributed by atoms with E-state index in [-0.39, 0.29) is 0 Å². The molecule has 0 atom stereocenters. The third-order valence-corrected chi connectivity index (χ3v) is 2.08. The van der Waals surface area contributed by atoms with Gasteiger partial charge in [-0.1, -0.05) is 6.08 Å². The highest BCUT2D eigenvalue weighted by Crippen LogP contribution is 2.17. The first kappa shape index (κ1) is 7.55. The molecule has 0 aromatic heterocycles. The monoisotopic (exact) mass is 178 g/mol. The Labute approximate surface area is 77.0 Å². The second-order valence-corrected chi connectivity index (χ2v) is 3.44. The van der Waals surface area contributed by atoms with E-state index in [1.54, 1.807) is 0 Å². The SMILES string of the molecule is CC1=CC=C2CC(=C1)NC(=S)N2. The molecule has 0 aromatic carbocycles. The number of thiocarbonyl (C=S) groups is 1. The number of fused-ring (bicyclic) bond motifs is 2. The number of allylic oxidation sites excluding steroid dienone is 4. The molecule has 0 spiro atoms. The molecule has 2 rings (SSSR count). The fraction of sp³-hybridized carbons (Fsp3) is 0.222. The van der Waals surface area contributed by atoms with Crippen LogP contribution >= 0.6 is 12.2 Å². The van der Waals surface area contributed by atoms with Gasteiger partial charge >= 0.3 is 0 Å². The lowest BCUT2D eigenvalue weighted by Crippen LogP contribution is -2.39. The van der Waals surface area contributed by atoms with Crippen molar-refractivity contribution in [2.24, 2.45) is 0 Å². The van der Waals surface area contributed by atoms with E-state index in [0.29, 0.717) is 5.11 Å². The van der Waals surface area contributed by atoms with Crippen LogP contribution in [0.5, 0.6) is 0 Å². The fourth-order valence-electron chi connectivity index (χ4n) is 1.36. The highest BCUT2D eigenvalue weighted by molar-refractivity contribution is 7.80. The van der Waals surface area contributed by atoms with Crippen molar-refractivity contribution in [2.45, 2.75) is 13.3 Å². The summed E-state index contributed by atoms with van der Waals surface area (Å²) in [4.78, 5) is 0. The van der Waals surface area contributed by atoms with Crippen LogP contribution < -0.4 is 10.6 Å². The average molecular weight is 178 g/mol. The van der Waals surface area contributed by atoms with E-state index in [0.717, 1.165) is 6.42 Å². The summed E-state index contributed by atoms with van der Waals surface area (Å²) < 4.78 is 0. The normalized spacial score (nSPS) is 21.1. The molecule has 2 N–H and O–H groups in total. The third-order valence-electron chi connectivity index (χ3n) is 1.88. The Hall–Kier alpha value is -1.09. The van der Waals surface area contributed by atoms with Crippen molar-refractivity contribution in [3.63, 3.8) is 0 Å². The molecule has 0 aromatic rings. The van der Waals surface area contributed by atoms with E-state index in [9.17, 15) is 0 Å². The van der Waals surface area contributed by atoms with E-state index in [1.807, 2.05) is 0 Å². The first-order valence-corrected chi connectivity index (χ1v) is 4.31. The van der Waals surface area contributed by atoms with Gasteiger partial charge in [-0.2, -0.15) is 0 Å². The number of nitrogens with one attached hydrogen (secondary N) is 2. The molecule has 1 aliphatic carbocycles. The Balaban J connectivity index is 2.39. The highest BCUT2D eigenvalue weighted by Gasteiger charge is 2.13. The molecule has 0 amide bonds. The first-order valence-electron chi connectivity index (χ1n) is 3.90. The molecule has 12 heavy (non-hydrogen) atoms. The average Bonchev–Trinajstić information content (AvgIpc) is 2.10. The van der Waals surface area contributed by atoms with E-state index < -0.39 is 0 Å². The zero-order valence-corrected chi connectivity index (χ0v) is 7.66. The molecule has 1 heterocycles. The third kappa shape index (κ3) is 1.41. The van der Waals surface area contributed by atoms with Gasteiger partial charge in [-0.25, -0.2) is 0 Å². The van der Waals surface area contributed by atoms with Crippen LogP contribution in [0.1, 0.15) is 13.3 Å². The van der Waals surface area contributed by atoms with Crippen molar-refractivity contribution in [1.29, 1.82) is 0 Å². The Bertz CT molecular complexity index is 323. The van der Waals surface area contributed by atoms with Crippen LogP contribution in [0.25, 0.3) is 0 Å². The minimum atomic E-state index is 0.696. The first-order chi connectivity index (χ1) is 5.74. The van der Waals surface area contributed by atoms with Crippen LogP contribution in [0.2, 0.25) is 0 Å². The Kier molecular flexibility index (Phi) is 1.73. The topological polar surface area (TPSA) is 24.1 Å². The predicted octanol–water partition coefficient (Wildman–Crippen LogP) is 1.58. The highest BCUT2D eigenvalue weighted by atomic mass is 32.1. The van der Waals surface area contributed by atoms with E-state index in [4.69, 9.17) is 12.2 Å². The van der Waals surface area contributed by atoms with Crippen LogP contribution in [0.4, 0.5) is 0 Å². The number of hydrogen-bond donors (Lipinski definition) is 2. The Morgan fingerprint density at radius 1 is 1.25 bits per heavy atom. The summed E-state index contributed by atoms with van der Waals surface area (Å²) in [5, 5.41) is 6.92. The second-order valence-electron chi connectivity index (χ2n) is 3.03. The van der Waals surface area contributed by atoms with Gasteiger partial charge < -0.3 is 10.6 Å². The lowest BCUT2D eigenvalue weighted by atomic mass is 10.2. The maximum absolute atomic E-state index is 5.03. The molecule has 1 saturated heterocycles. The summed E-state index contributed by atoms with van der Waals surface area (Å²) in [5.41, 5.74) is 3.59. The summed E-state index contributed by atoms with van der Waals surface area (Å²) in [6, 6.07) is 0. The summed E-state index contributed by atoms with van der Waals surface area (Å²) in [6.07, 6.45) is 7.21. The minimum Gasteiger partial charge on any atom is -0.336 e. The smallest absolute Gasteiger partial charge is 0.174 e. The Morgan fingerprint density at radius 3 is 2.83 bits per heavy atom. The number of rotatable bonds is 0. The molecule has 2 aliphatic rings. The van der Waals surface area contributed by atoms with Crippen LogP contribution in [-0.2, 0) is 0 Å². The molecule has 1 fully saturated rings. The van der Waals surface area contributed by atoms with Gasteiger partial charge in [-0.3, -0.25) is 0 Å². The Morgan fingerprint density at radius 2 is 2.00 bits per heavy atom. The maximum Gasteiger partial charge on any atom is 0.174 e. The molecule has 62 valence electrons. The minimum absolute atomic E-state index is 0.696. The summed E-state index contributed by atoms with van der Waals surface area (Å²) in [6.45, 7) is 2.08. The molecular formula is C9H10N2S. The van der Waals surface area contributed by atoms with Crippen molar-refractivity contribution in [2.75, 3.05) is 0 Å². The fourth-order valence-corrected chi connectivity index (χ4v) is 1.62. The summed E-state index contributed by atoms with van der Waals surface area (Å²) in [5.74, 6) is 0. The van der Waals surface area contributed by atoms with Gasteiger partial charge in [0.2, 0.25) is 0 Å². The van der Waals surface area contributed by atoms with Gasteiger partial charge in [0.1, 0.15) is 0 Å². The van der Waals surface area contributed by atoms with Crippen molar-refractivity contribution < 1.29 is 0 Å². The van der Waals surface area contributed by atoms with Gasteiger partial charge in [0, 0.05) is 17.8 Å². The van der Waals surface area contributed by atoms with Gasteiger partial charge in [-0.15, -0.1) is 0 Å². The molecule has 0 saturated carbocycles.